The molecule has 0 amide bonds. The number of hydrogen-bond acceptors (Lipinski definition) is 6. The van der Waals surface area contributed by atoms with E-state index in [1.165, 1.54) is 27.6 Å². The molecular weight excluding hydrogens is 615 g/mol. The first kappa shape index (κ1) is 31.6. The quantitative estimate of drug-likeness (QED) is 0.214. The van der Waals surface area contributed by atoms with E-state index < -0.39 is 19.7 Å². The van der Waals surface area contributed by atoms with Crippen molar-refractivity contribution in [3.8, 4) is 0 Å². The summed E-state index contributed by atoms with van der Waals surface area (Å²) in [7, 11) is -5.86. The van der Waals surface area contributed by atoms with Crippen LogP contribution in [0.1, 0.15) is 78.2 Å². The third-order valence-corrected chi connectivity index (χ3v) is 14.5. The van der Waals surface area contributed by atoms with Crippen molar-refractivity contribution in [1.29, 1.82) is 0 Å². The van der Waals surface area contributed by atoms with Crippen molar-refractivity contribution in [2.45, 2.75) is 78.9 Å². The topological polar surface area (TPSA) is 99.3 Å². The normalized spacial score (nSPS) is 22.2. The summed E-state index contributed by atoms with van der Waals surface area (Å²) in [6.45, 7) is 5.14. The van der Waals surface area contributed by atoms with Gasteiger partial charge in [0.25, 0.3) is 0 Å². The molecule has 2 saturated carbocycles. The standard InChI is InChI=1S/C23H26N2O2S.C14H19NO2S/c26-28(27,21-8-9-21)16-17-4-3-5-18(12-17)19-10-11-25(14-19)15-20-13-24-23-7-2-1-6-22(20)23;16-18(17,14-4-5-14)10-11-2-1-3-12(8-11)13-6-7-15-9-13/h1-7,12-13,19,21,24H,8-11,14-16H2;1-3,8,13-15H,4-7,9-10H2. The van der Waals surface area contributed by atoms with Crippen molar-refractivity contribution in [1.82, 2.24) is 15.2 Å². The molecule has 244 valence electrons. The number of nitrogens with zero attached hydrogens (tertiary/aromatic N) is 1. The highest BCUT2D eigenvalue weighted by molar-refractivity contribution is 7.91. The number of aromatic amines is 1. The Hall–Kier alpha value is -2.98. The van der Waals surface area contributed by atoms with Crippen LogP contribution in [0.4, 0.5) is 0 Å². The Bertz CT molecular complexity index is 1890. The Balaban J connectivity index is 0.000000162. The number of likely N-dealkylation sites (tertiary alicyclic amines) is 1. The maximum atomic E-state index is 12.3. The van der Waals surface area contributed by atoms with E-state index in [4.69, 9.17) is 0 Å². The molecule has 0 bridgehead atoms. The highest BCUT2D eigenvalue weighted by atomic mass is 32.2. The molecule has 2 N–H and O–H groups in total. The molecule has 4 aliphatic rings. The minimum absolute atomic E-state index is 0.0608. The van der Waals surface area contributed by atoms with Crippen molar-refractivity contribution in [3.05, 3.63) is 107 Å². The summed E-state index contributed by atoms with van der Waals surface area (Å²) in [6.07, 6.45) is 7.80. The zero-order valence-corrected chi connectivity index (χ0v) is 28.0. The van der Waals surface area contributed by atoms with Crippen LogP contribution in [0.5, 0.6) is 0 Å². The van der Waals surface area contributed by atoms with Crippen molar-refractivity contribution in [2.75, 3.05) is 26.2 Å². The molecule has 1 aromatic heterocycles. The van der Waals surface area contributed by atoms with Gasteiger partial charge in [0.1, 0.15) is 0 Å². The van der Waals surface area contributed by atoms with Gasteiger partial charge in [0.2, 0.25) is 0 Å². The molecule has 9 heteroatoms. The SMILES string of the molecule is O=S(=O)(Cc1cccc(C2CCN(Cc3c[nH]c4ccccc34)C2)c1)C1CC1.O=S(=O)(Cc1cccc(C2CCNC2)c1)C1CC1. The molecule has 0 spiro atoms. The molecular formula is C37H45N3O4S2. The van der Waals surface area contributed by atoms with E-state index in [1.807, 2.05) is 24.3 Å². The van der Waals surface area contributed by atoms with Crippen LogP contribution in [-0.2, 0) is 37.7 Å². The Morgan fingerprint density at radius 3 is 1.93 bits per heavy atom. The molecule has 2 aliphatic carbocycles. The Kier molecular flexibility index (Phi) is 9.11. The maximum absolute atomic E-state index is 12.3. The number of aromatic nitrogens is 1. The molecule has 46 heavy (non-hydrogen) atoms. The summed E-state index contributed by atoms with van der Waals surface area (Å²) < 4.78 is 48.6. The van der Waals surface area contributed by atoms with Gasteiger partial charge in [-0.2, -0.15) is 0 Å². The summed E-state index contributed by atoms with van der Waals surface area (Å²) in [5, 5.41) is 4.50. The van der Waals surface area contributed by atoms with E-state index in [-0.39, 0.29) is 22.0 Å². The first-order valence-corrected chi connectivity index (χ1v) is 20.3. The number of benzene rings is 3. The molecule has 3 heterocycles. The number of H-pyrrole nitrogens is 1. The summed E-state index contributed by atoms with van der Waals surface area (Å²) in [5.41, 5.74) is 7.00. The summed E-state index contributed by atoms with van der Waals surface area (Å²) in [5.74, 6) is 1.44. The van der Waals surface area contributed by atoms with E-state index >= 15 is 0 Å². The summed E-state index contributed by atoms with van der Waals surface area (Å²) in [6, 6.07) is 24.8. The number of para-hydroxylation sites is 1. The van der Waals surface area contributed by atoms with Gasteiger partial charge in [0, 0.05) is 36.7 Å². The van der Waals surface area contributed by atoms with Gasteiger partial charge in [-0.3, -0.25) is 4.90 Å². The monoisotopic (exact) mass is 659 g/mol. The van der Waals surface area contributed by atoms with Gasteiger partial charge in [-0.05, 0) is 97.3 Å². The first-order valence-electron chi connectivity index (χ1n) is 16.8. The lowest BCUT2D eigenvalue weighted by atomic mass is 9.97. The van der Waals surface area contributed by atoms with Gasteiger partial charge in [-0.15, -0.1) is 0 Å². The van der Waals surface area contributed by atoms with Crippen LogP contribution in [0.2, 0.25) is 0 Å². The molecule has 2 aliphatic heterocycles. The zero-order valence-electron chi connectivity index (χ0n) is 26.4. The molecule has 0 radical (unpaired) electrons. The van der Waals surface area contributed by atoms with Crippen LogP contribution in [-0.4, -0.2) is 63.4 Å². The average Bonchev–Trinajstić information content (AvgIpc) is 3.95. The van der Waals surface area contributed by atoms with Crippen LogP contribution in [0.3, 0.4) is 0 Å². The largest absolute Gasteiger partial charge is 0.361 e. The molecule has 4 fully saturated rings. The second-order valence-electron chi connectivity index (χ2n) is 13.8. The molecule has 3 aromatic carbocycles. The highest BCUT2D eigenvalue weighted by Crippen LogP contribution is 2.34. The second kappa shape index (κ2) is 13.3. The average molecular weight is 660 g/mol. The predicted molar refractivity (Wildman–Crippen MR) is 185 cm³/mol. The number of sulfone groups is 2. The second-order valence-corrected chi connectivity index (χ2v) is 18.3. The fraction of sp³-hybridized carbons (Fsp3) is 0.459. The van der Waals surface area contributed by atoms with E-state index in [2.05, 4.69) is 69.9 Å². The number of nitrogens with one attached hydrogen (secondary N) is 2. The van der Waals surface area contributed by atoms with Crippen LogP contribution in [0, 0.1) is 0 Å². The smallest absolute Gasteiger partial charge is 0.157 e. The van der Waals surface area contributed by atoms with Crippen molar-refractivity contribution >= 4 is 30.6 Å². The third kappa shape index (κ3) is 7.59. The van der Waals surface area contributed by atoms with Crippen LogP contribution < -0.4 is 5.32 Å². The van der Waals surface area contributed by atoms with Crippen LogP contribution >= 0.6 is 0 Å². The van der Waals surface area contributed by atoms with Crippen LogP contribution in [0.15, 0.2) is 79.0 Å². The maximum Gasteiger partial charge on any atom is 0.157 e. The molecule has 2 unspecified atom stereocenters. The van der Waals surface area contributed by atoms with Crippen LogP contribution in [0.25, 0.3) is 10.9 Å². The predicted octanol–water partition coefficient (Wildman–Crippen LogP) is 6.08. The van der Waals surface area contributed by atoms with Gasteiger partial charge in [0.05, 0.1) is 22.0 Å². The minimum Gasteiger partial charge on any atom is -0.361 e. The number of hydrogen-bond donors (Lipinski definition) is 2. The van der Waals surface area contributed by atoms with Crippen molar-refractivity contribution < 1.29 is 16.8 Å². The van der Waals surface area contributed by atoms with Gasteiger partial charge in [-0.25, -0.2) is 16.8 Å². The van der Waals surface area contributed by atoms with E-state index in [9.17, 15) is 16.8 Å². The summed E-state index contributed by atoms with van der Waals surface area (Å²) in [4.78, 5) is 5.87. The van der Waals surface area contributed by atoms with E-state index in [1.54, 1.807) is 0 Å². The first-order chi connectivity index (χ1) is 22.2. The lowest BCUT2D eigenvalue weighted by Crippen LogP contribution is -2.19. The molecule has 7 nitrogen and oxygen atoms in total. The molecule has 2 saturated heterocycles. The Morgan fingerprint density at radius 2 is 1.33 bits per heavy atom. The van der Waals surface area contributed by atoms with E-state index in [0.29, 0.717) is 11.8 Å². The zero-order chi connectivity index (χ0) is 31.7. The Labute approximate surface area is 273 Å². The molecule has 2 atom stereocenters. The van der Waals surface area contributed by atoms with Gasteiger partial charge < -0.3 is 10.3 Å². The van der Waals surface area contributed by atoms with Crippen molar-refractivity contribution in [2.24, 2.45) is 0 Å². The Morgan fingerprint density at radius 1 is 0.696 bits per heavy atom. The lowest BCUT2D eigenvalue weighted by molar-refractivity contribution is 0.328. The minimum atomic E-state index is -2.96. The van der Waals surface area contributed by atoms with Gasteiger partial charge >= 0.3 is 0 Å². The lowest BCUT2D eigenvalue weighted by Gasteiger charge is -2.16. The summed E-state index contributed by atoms with van der Waals surface area (Å²) >= 11 is 0. The van der Waals surface area contributed by atoms with E-state index in [0.717, 1.165) is 82.4 Å². The number of rotatable bonds is 10. The fourth-order valence-electron chi connectivity index (χ4n) is 7.12. The van der Waals surface area contributed by atoms with Gasteiger partial charge in [0.15, 0.2) is 19.7 Å². The molecule has 8 rings (SSSR count). The highest BCUT2D eigenvalue weighted by Gasteiger charge is 2.36. The van der Waals surface area contributed by atoms with Gasteiger partial charge in [-0.1, -0.05) is 66.7 Å². The third-order valence-electron chi connectivity index (χ3n) is 10.0. The fourth-order valence-corrected chi connectivity index (χ4v) is 10.6. The van der Waals surface area contributed by atoms with Crippen molar-refractivity contribution in [3.63, 3.8) is 0 Å². The number of fused-ring (bicyclic) bond motifs is 1. The molecule has 4 aromatic rings.